The average molecular weight is 220 g/mol. The summed E-state index contributed by atoms with van der Waals surface area (Å²) in [6, 6.07) is 4.17. The Balaban J connectivity index is 0.000000845. The van der Waals surface area contributed by atoms with Gasteiger partial charge in [-0.2, -0.15) is 0 Å². The van der Waals surface area contributed by atoms with Crippen molar-refractivity contribution in [3.63, 3.8) is 0 Å². The molecular formula is C9H14ClNOS. The third-order valence-corrected chi connectivity index (χ3v) is 2.92. The van der Waals surface area contributed by atoms with Gasteiger partial charge in [-0.05, 0) is 17.4 Å². The molecule has 2 atom stereocenters. The fraction of sp³-hybridized carbons (Fsp3) is 0.556. The maximum Gasteiger partial charge on any atom is 0.143 e. The van der Waals surface area contributed by atoms with Gasteiger partial charge in [-0.1, -0.05) is 13.0 Å². The standard InChI is InChI=1S/C9H13NOS.ClH/c1-7-5-10-9(11-6-7)8-3-2-4-12-8;/h2-4,7,9-10H,5-6H2,1H3;1H. The molecule has 1 aliphatic heterocycles. The van der Waals surface area contributed by atoms with Crippen LogP contribution < -0.4 is 5.32 Å². The van der Waals surface area contributed by atoms with Crippen LogP contribution in [0.2, 0.25) is 0 Å². The van der Waals surface area contributed by atoms with Gasteiger partial charge in [0.15, 0.2) is 0 Å². The molecule has 0 aliphatic carbocycles. The summed E-state index contributed by atoms with van der Waals surface area (Å²) in [4.78, 5) is 1.28. The molecule has 1 aromatic rings. The molecule has 74 valence electrons. The van der Waals surface area contributed by atoms with E-state index in [0.29, 0.717) is 5.92 Å². The Morgan fingerprint density at radius 3 is 3.00 bits per heavy atom. The van der Waals surface area contributed by atoms with Gasteiger partial charge in [0.05, 0.1) is 6.61 Å². The smallest absolute Gasteiger partial charge is 0.143 e. The summed E-state index contributed by atoms with van der Waals surface area (Å²) in [5, 5.41) is 5.44. The normalized spacial score (nSPS) is 28.1. The van der Waals surface area contributed by atoms with Gasteiger partial charge in [-0.25, -0.2) is 0 Å². The topological polar surface area (TPSA) is 21.3 Å². The van der Waals surface area contributed by atoms with Crippen molar-refractivity contribution in [2.24, 2.45) is 5.92 Å². The van der Waals surface area contributed by atoms with Gasteiger partial charge in [-0.15, -0.1) is 23.7 Å². The molecule has 2 nitrogen and oxygen atoms in total. The van der Waals surface area contributed by atoms with Crippen LogP contribution in [0, 0.1) is 5.92 Å². The predicted octanol–water partition coefficient (Wildman–Crippen LogP) is 2.42. The lowest BCUT2D eigenvalue weighted by Crippen LogP contribution is -2.36. The van der Waals surface area contributed by atoms with Crippen molar-refractivity contribution in [2.75, 3.05) is 13.2 Å². The van der Waals surface area contributed by atoms with Crippen LogP contribution in [-0.4, -0.2) is 13.2 Å². The Hall–Kier alpha value is -0.0900. The number of thiophene rings is 1. The Morgan fingerprint density at radius 2 is 2.46 bits per heavy atom. The van der Waals surface area contributed by atoms with Gasteiger partial charge < -0.3 is 4.74 Å². The number of hydrogen-bond donors (Lipinski definition) is 1. The van der Waals surface area contributed by atoms with Gasteiger partial charge in [0, 0.05) is 11.4 Å². The van der Waals surface area contributed by atoms with E-state index in [1.807, 2.05) is 0 Å². The fourth-order valence-electron chi connectivity index (χ4n) is 1.31. The third kappa shape index (κ3) is 2.68. The van der Waals surface area contributed by atoms with Crippen LogP contribution in [0.1, 0.15) is 18.0 Å². The van der Waals surface area contributed by atoms with Crippen LogP contribution in [0.25, 0.3) is 0 Å². The number of ether oxygens (including phenoxy) is 1. The van der Waals surface area contributed by atoms with E-state index in [1.54, 1.807) is 11.3 Å². The van der Waals surface area contributed by atoms with Gasteiger partial charge in [0.1, 0.15) is 6.23 Å². The molecule has 0 aromatic carbocycles. The lowest BCUT2D eigenvalue weighted by molar-refractivity contribution is -0.0233. The minimum Gasteiger partial charge on any atom is -0.358 e. The number of nitrogens with one attached hydrogen (secondary N) is 1. The second-order valence-electron chi connectivity index (χ2n) is 3.24. The number of hydrogen-bond acceptors (Lipinski definition) is 3. The molecule has 0 bridgehead atoms. The van der Waals surface area contributed by atoms with E-state index < -0.39 is 0 Å². The summed E-state index contributed by atoms with van der Waals surface area (Å²) in [5.41, 5.74) is 0. The van der Waals surface area contributed by atoms with E-state index in [-0.39, 0.29) is 18.6 Å². The molecule has 1 aromatic heterocycles. The SMILES string of the molecule is CC1CNC(c2cccs2)OC1.Cl. The molecule has 13 heavy (non-hydrogen) atoms. The van der Waals surface area contributed by atoms with Crippen molar-refractivity contribution in [1.82, 2.24) is 5.32 Å². The van der Waals surface area contributed by atoms with Crippen molar-refractivity contribution in [3.8, 4) is 0 Å². The molecule has 2 unspecified atom stereocenters. The molecule has 1 saturated heterocycles. The zero-order valence-electron chi connectivity index (χ0n) is 7.53. The van der Waals surface area contributed by atoms with Crippen molar-refractivity contribution in [3.05, 3.63) is 22.4 Å². The molecule has 0 spiro atoms. The summed E-state index contributed by atoms with van der Waals surface area (Å²) < 4.78 is 5.63. The van der Waals surface area contributed by atoms with E-state index in [4.69, 9.17) is 4.74 Å². The van der Waals surface area contributed by atoms with E-state index >= 15 is 0 Å². The molecule has 0 amide bonds. The molecule has 0 radical (unpaired) electrons. The third-order valence-electron chi connectivity index (χ3n) is 2.00. The van der Waals surface area contributed by atoms with E-state index in [2.05, 4.69) is 29.8 Å². The van der Waals surface area contributed by atoms with Crippen LogP contribution in [0.5, 0.6) is 0 Å². The highest BCUT2D eigenvalue weighted by atomic mass is 35.5. The number of halogens is 1. The first-order chi connectivity index (χ1) is 5.86. The second-order valence-corrected chi connectivity index (χ2v) is 4.22. The molecule has 0 saturated carbocycles. The quantitative estimate of drug-likeness (QED) is 0.784. The molecule has 1 aliphatic rings. The van der Waals surface area contributed by atoms with Crippen molar-refractivity contribution < 1.29 is 4.74 Å². The minimum absolute atomic E-state index is 0. The zero-order valence-corrected chi connectivity index (χ0v) is 9.16. The van der Waals surface area contributed by atoms with Gasteiger partial charge in [0.2, 0.25) is 0 Å². The summed E-state index contributed by atoms with van der Waals surface area (Å²) in [5.74, 6) is 0.640. The van der Waals surface area contributed by atoms with Crippen LogP contribution >= 0.6 is 23.7 Å². The minimum atomic E-state index is 0. The fourth-order valence-corrected chi connectivity index (χ4v) is 2.06. The Bertz CT molecular complexity index is 232. The van der Waals surface area contributed by atoms with Crippen LogP contribution in [0.4, 0.5) is 0 Å². The average Bonchev–Trinajstić information content (AvgIpc) is 2.58. The van der Waals surface area contributed by atoms with Crippen LogP contribution in [0.15, 0.2) is 17.5 Å². The largest absolute Gasteiger partial charge is 0.358 e. The summed E-state index contributed by atoms with van der Waals surface area (Å²) in [6.45, 7) is 4.12. The van der Waals surface area contributed by atoms with Gasteiger partial charge in [0.25, 0.3) is 0 Å². The highest BCUT2D eigenvalue weighted by molar-refractivity contribution is 7.10. The summed E-state index contributed by atoms with van der Waals surface area (Å²) in [6.07, 6.45) is 0.140. The predicted molar refractivity (Wildman–Crippen MR) is 57.4 cm³/mol. The van der Waals surface area contributed by atoms with Gasteiger partial charge >= 0.3 is 0 Å². The maximum absolute atomic E-state index is 5.63. The lowest BCUT2D eigenvalue weighted by atomic mass is 10.2. The second kappa shape index (κ2) is 4.96. The van der Waals surface area contributed by atoms with E-state index in [9.17, 15) is 0 Å². The van der Waals surface area contributed by atoms with Crippen LogP contribution in [-0.2, 0) is 4.74 Å². The molecule has 1 fully saturated rings. The summed E-state index contributed by atoms with van der Waals surface area (Å²) >= 11 is 1.74. The monoisotopic (exact) mass is 219 g/mol. The maximum atomic E-state index is 5.63. The van der Waals surface area contributed by atoms with Crippen molar-refractivity contribution in [1.29, 1.82) is 0 Å². The molecule has 4 heteroatoms. The first-order valence-electron chi connectivity index (χ1n) is 4.24. The highest BCUT2D eigenvalue weighted by Crippen LogP contribution is 2.23. The summed E-state index contributed by atoms with van der Waals surface area (Å²) in [7, 11) is 0. The molecule has 1 N–H and O–H groups in total. The van der Waals surface area contributed by atoms with Gasteiger partial charge in [-0.3, -0.25) is 5.32 Å². The van der Waals surface area contributed by atoms with E-state index in [0.717, 1.165) is 13.2 Å². The molecule has 2 rings (SSSR count). The lowest BCUT2D eigenvalue weighted by Gasteiger charge is -2.27. The first kappa shape index (κ1) is 11.0. The Morgan fingerprint density at radius 1 is 1.62 bits per heavy atom. The molecule has 2 heterocycles. The zero-order chi connectivity index (χ0) is 8.39. The molecular weight excluding hydrogens is 206 g/mol. The van der Waals surface area contributed by atoms with Crippen LogP contribution in [0.3, 0.4) is 0 Å². The van der Waals surface area contributed by atoms with Crippen molar-refractivity contribution >= 4 is 23.7 Å². The Kier molecular flexibility index (Phi) is 4.19. The number of rotatable bonds is 1. The first-order valence-corrected chi connectivity index (χ1v) is 5.12. The van der Waals surface area contributed by atoms with E-state index in [1.165, 1.54) is 4.88 Å². The highest BCUT2D eigenvalue weighted by Gasteiger charge is 2.19. The van der Waals surface area contributed by atoms with Crippen molar-refractivity contribution in [2.45, 2.75) is 13.2 Å². The Labute approximate surface area is 88.7 Å².